The Balaban J connectivity index is 1.31. The van der Waals surface area contributed by atoms with Gasteiger partial charge in [-0.05, 0) is 49.9 Å². The van der Waals surface area contributed by atoms with Crippen LogP contribution in [-0.2, 0) is 0 Å². The van der Waals surface area contributed by atoms with Crippen LogP contribution in [0.1, 0.15) is 31.7 Å². The van der Waals surface area contributed by atoms with Gasteiger partial charge in [0.2, 0.25) is 0 Å². The van der Waals surface area contributed by atoms with Crippen molar-refractivity contribution in [2.45, 2.75) is 37.8 Å². The topological polar surface area (TPSA) is 90.0 Å². The number of fused-ring (bicyclic) bond motifs is 1. The first-order chi connectivity index (χ1) is 14.3. The van der Waals surface area contributed by atoms with Crippen molar-refractivity contribution in [3.05, 3.63) is 71.7 Å². The minimum absolute atomic E-state index is 0.0510. The van der Waals surface area contributed by atoms with Crippen LogP contribution in [0.25, 0.3) is 16.8 Å². The van der Waals surface area contributed by atoms with E-state index in [0.717, 1.165) is 48.3 Å². The van der Waals surface area contributed by atoms with Crippen molar-refractivity contribution in [3.63, 3.8) is 0 Å². The Kier molecular flexibility index (Phi) is 4.51. The highest BCUT2D eigenvalue weighted by Gasteiger charge is 2.24. The van der Waals surface area contributed by atoms with Crippen LogP contribution in [0, 0.1) is 0 Å². The zero-order valence-electron chi connectivity index (χ0n) is 15.8. The van der Waals surface area contributed by atoms with E-state index in [-0.39, 0.29) is 11.6 Å². The summed E-state index contributed by atoms with van der Waals surface area (Å²) in [5, 5.41) is 12.4. The second-order valence-electron chi connectivity index (χ2n) is 7.32. The second-order valence-corrected chi connectivity index (χ2v) is 7.32. The van der Waals surface area contributed by atoms with Crippen molar-refractivity contribution >= 4 is 11.3 Å². The molecule has 4 heterocycles. The third-order valence-electron chi connectivity index (χ3n) is 5.51. The van der Waals surface area contributed by atoms with Gasteiger partial charge in [-0.15, -0.1) is 0 Å². The smallest absolute Gasteiger partial charge is 0.267 e. The van der Waals surface area contributed by atoms with E-state index >= 15 is 0 Å². The van der Waals surface area contributed by atoms with Crippen molar-refractivity contribution in [3.8, 4) is 11.3 Å². The lowest BCUT2D eigenvalue weighted by atomic mass is 9.91. The molecule has 1 N–H and O–H groups in total. The Morgan fingerprint density at radius 2 is 1.76 bits per heavy atom. The lowest BCUT2D eigenvalue weighted by molar-refractivity contribution is 0.304. The summed E-state index contributed by atoms with van der Waals surface area (Å²) >= 11 is 0. The molecule has 5 rings (SSSR count). The third-order valence-corrected chi connectivity index (χ3v) is 5.51. The molecule has 0 amide bonds. The van der Waals surface area contributed by atoms with Gasteiger partial charge < -0.3 is 5.32 Å². The molecule has 1 aliphatic carbocycles. The molecule has 0 spiro atoms. The minimum Gasteiger partial charge on any atom is -0.366 e. The first kappa shape index (κ1) is 17.5. The van der Waals surface area contributed by atoms with Gasteiger partial charge in [0.1, 0.15) is 5.52 Å². The van der Waals surface area contributed by atoms with E-state index in [1.165, 1.54) is 0 Å². The van der Waals surface area contributed by atoms with E-state index in [9.17, 15) is 4.79 Å². The number of anilines is 1. The van der Waals surface area contributed by atoms with Gasteiger partial charge in [-0.3, -0.25) is 9.78 Å². The summed E-state index contributed by atoms with van der Waals surface area (Å²) in [5.74, 6) is 0.850. The summed E-state index contributed by atoms with van der Waals surface area (Å²) in [6.45, 7) is 0. The fourth-order valence-electron chi connectivity index (χ4n) is 3.99. The molecule has 1 saturated carbocycles. The Morgan fingerprint density at radius 3 is 2.59 bits per heavy atom. The minimum atomic E-state index is -0.0510. The number of hydrogen-bond donors (Lipinski definition) is 1. The maximum atomic E-state index is 12.4. The zero-order valence-corrected chi connectivity index (χ0v) is 15.8. The normalized spacial score (nSPS) is 19.3. The largest absolute Gasteiger partial charge is 0.366 e. The van der Waals surface area contributed by atoms with Gasteiger partial charge in [0.05, 0.1) is 17.9 Å². The van der Waals surface area contributed by atoms with E-state index in [4.69, 9.17) is 0 Å². The molecule has 0 saturated heterocycles. The van der Waals surface area contributed by atoms with E-state index in [0.29, 0.717) is 6.04 Å². The van der Waals surface area contributed by atoms with Gasteiger partial charge >= 0.3 is 0 Å². The second kappa shape index (κ2) is 7.46. The fourth-order valence-corrected chi connectivity index (χ4v) is 3.99. The Hall–Kier alpha value is -3.55. The molecule has 0 radical (unpaired) electrons. The molecular weight excluding hydrogens is 366 g/mol. The molecule has 0 aromatic carbocycles. The maximum Gasteiger partial charge on any atom is 0.267 e. The number of nitrogens with one attached hydrogen (secondary N) is 1. The number of rotatable bonds is 4. The summed E-state index contributed by atoms with van der Waals surface area (Å²) in [6, 6.07) is 9.58. The number of nitrogens with zero attached hydrogens (tertiary/aromatic N) is 6. The van der Waals surface area contributed by atoms with E-state index in [2.05, 4.69) is 25.5 Å². The Bertz CT molecular complexity index is 1180. The maximum absolute atomic E-state index is 12.4. The molecule has 8 heteroatoms. The number of pyridine rings is 1. The van der Waals surface area contributed by atoms with Crippen molar-refractivity contribution in [1.82, 2.24) is 29.4 Å². The average molecular weight is 387 g/mol. The summed E-state index contributed by atoms with van der Waals surface area (Å²) in [5.41, 5.74) is 2.68. The molecule has 0 unspecified atom stereocenters. The van der Waals surface area contributed by atoms with Crippen molar-refractivity contribution in [1.29, 1.82) is 0 Å². The Labute approximate surface area is 167 Å². The van der Waals surface area contributed by atoms with Crippen molar-refractivity contribution in [2.75, 3.05) is 5.32 Å². The summed E-state index contributed by atoms with van der Waals surface area (Å²) in [4.78, 5) is 21.0. The van der Waals surface area contributed by atoms with E-state index in [1.54, 1.807) is 41.6 Å². The third kappa shape index (κ3) is 3.49. The highest BCUT2D eigenvalue weighted by molar-refractivity contribution is 5.67. The monoisotopic (exact) mass is 387 g/mol. The van der Waals surface area contributed by atoms with Gasteiger partial charge in [-0.2, -0.15) is 10.2 Å². The molecule has 1 aliphatic rings. The van der Waals surface area contributed by atoms with Crippen molar-refractivity contribution < 1.29 is 0 Å². The standard InChI is InChI=1S/C21H21N7O/c29-20-6-5-18(15-7-10-22-11-8-15)26-28(20)17-3-1-16(2-4-17)25-21-19-9-12-24-27(19)14-13-23-21/h5-14,16-17H,1-4H2,(H,23,25). The fraction of sp³-hybridized carbons (Fsp3) is 0.286. The first-order valence-corrected chi connectivity index (χ1v) is 9.83. The quantitative estimate of drug-likeness (QED) is 0.579. The van der Waals surface area contributed by atoms with Gasteiger partial charge in [-0.25, -0.2) is 14.2 Å². The molecule has 8 nitrogen and oxygen atoms in total. The highest BCUT2D eigenvalue weighted by atomic mass is 16.1. The SMILES string of the molecule is O=c1ccc(-c2ccncc2)nn1C1CCC(Nc2nccn3nccc23)CC1. The highest BCUT2D eigenvalue weighted by Crippen LogP contribution is 2.29. The van der Waals surface area contributed by atoms with Crippen LogP contribution < -0.4 is 10.9 Å². The van der Waals surface area contributed by atoms with Crippen LogP contribution in [0.4, 0.5) is 5.82 Å². The van der Waals surface area contributed by atoms with Crippen LogP contribution in [0.3, 0.4) is 0 Å². The summed E-state index contributed by atoms with van der Waals surface area (Å²) in [6.07, 6.45) is 12.5. The molecule has 4 aromatic heterocycles. The molecule has 4 aromatic rings. The predicted octanol–water partition coefficient (Wildman–Crippen LogP) is 2.94. The van der Waals surface area contributed by atoms with Gasteiger partial charge in [0.15, 0.2) is 5.82 Å². The van der Waals surface area contributed by atoms with Crippen LogP contribution in [0.5, 0.6) is 0 Å². The molecule has 1 fully saturated rings. The van der Waals surface area contributed by atoms with Crippen LogP contribution in [-0.4, -0.2) is 35.4 Å². The van der Waals surface area contributed by atoms with E-state index < -0.39 is 0 Å². The average Bonchev–Trinajstić information content (AvgIpc) is 3.25. The molecule has 0 bridgehead atoms. The number of hydrogen-bond acceptors (Lipinski definition) is 6. The van der Waals surface area contributed by atoms with Gasteiger partial charge in [-0.1, -0.05) is 0 Å². The van der Waals surface area contributed by atoms with Gasteiger partial charge in [0, 0.05) is 42.5 Å². The zero-order chi connectivity index (χ0) is 19.6. The molecule has 0 atom stereocenters. The molecule has 146 valence electrons. The van der Waals surface area contributed by atoms with Crippen LogP contribution >= 0.6 is 0 Å². The van der Waals surface area contributed by atoms with Gasteiger partial charge in [0.25, 0.3) is 5.56 Å². The summed E-state index contributed by atoms with van der Waals surface area (Å²) in [7, 11) is 0. The molecule has 0 aliphatic heterocycles. The number of aromatic nitrogens is 6. The Morgan fingerprint density at radius 1 is 0.931 bits per heavy atom. The molecular formula is C21H21N7O. The van der Waals surface area contributed by atoms with Crippen LogP contribution in [0.2, 0.25) is 0 Å². The summed E-state index contributed by atoms with van der Waals surface area (Å²) < 4.78 is 3.47. The first-order valence-electron chi connectivity index (χ1n) is 9.83. The lowest BCUT2D eigenvalue weighted by Gasteiger charge is -2.30. The molecule has 29 heavy (non-hydrogen) atoms. The van der Waals surface area contributed by atoms with E-state index in [1.807, 2.05) is 28.9 Å². The van der Waals surface area contributed by atoms with Crippen molar-refractivity contribution in [2.24, 2.45) is 0 Å². The lowest BCUT2D eigenvalue weighted by Crippen LogP contribution is -2.33. The predicted molar refractivity (Wildman–Crippen MR) is 110 cm³/mol. The van der Waals surface area contributed by atoms with Crippen LogP contribution in [0.15, 0.2) is 66.1 Å².